The van der Waals surface area contributed by atoms with Crippen molar-refractivity contribution in [1.29, 1.82) is 0 Å². The van der Waals surface area contributed by atoms with E-state index in [4.69, 9.17) is 32.7 Å². The molecule has 3 atom stereocenters. The third-order valence-electron chi connectivity index (χ3n) is 5.25. The Labute approximate surface area is 220 Å². The van der Waals surface area contributed by atoms with Crippen molar-refractivity contribution in [2.75, 3.05) is 18.9 Å². The van der Waals surface area contributed by atoms with Crippen LogP contribution in [0.25, 0.3) is 17.2 Å². The number of hydrogen-bond donors (Lipinski definition) is 1. The summed E-state index contributed by atoms with van der Waals surface area (Å²) < 4.78 is 28.8. The Bertz CT molecular complexity index is 1360. The average molecular weight is 548 g/mol. The van der Waals surface area contributed by atoms with E-state index in [1.807, 2.05) is 6.92 Å². The second kappa shape index (κ2) is 11.3. The number of halogens is 2. The van der Waals surface area contributed by atoms with Gasteiger partial charge in [-0.3, -0.25) is 9.29 Å². The van der Waals surface area contributed by atoms with Gasteiger partial charge in [0.15, 0.2) is 11.6 Å². The van der Waals surface area contributed by atoms with Crippen LogP contribution >= 0.6 is 23.2 Å². The van der Waals surface area contributed by atoms with Crippen molar-refractivity contribution in [3.05, 3.63) is 70.2 Å². The normalized spacial score (nSPS) is 13.7. The Morgan fingerprint density at radius 2 is 1.69 bits per heavy atom. The zero-order chi connectivity index (χ0) is 25.8. The van der Waals surface area contributed by atoms with Gasteiger partial charge in [-0.15, -0.1) is 10.2 Å². The third kappa shape index (κ3) is 5.34. The fourth-order valence-corrected chi connectivity index (χ4v) is 4.96. The van der Waals surface area contributed by atoms with E-state index in [-0.39, 0.29) is 5.95 Å². The van der Waals surface area contributed by atoms with Gasteiger partial charge in [-0.25, -0.2) is 19.2 Å². The number of anilines is 1. The Morgan fingerprint density at radius 1 is 1.03 bits per heavy atom. The Hall–Kier alpha value is -3.12. The number of rotatable bonds is 9. The first-order valence-electron chi connectivity index (χ1n) is 10.7. The number of ether oxygens (including phenoxy) is 2. The molecule has 13 heteroatoms. The fourth-order valence-electron chi connectivity index (χ4n) is 3.44. The van der Waals surface area contributed by atoms with Gasteiger partial charge in [-0.2, -0.15) is 0 Å². The number of para-hydroxylation sites is 1. The van der Waals surface area contributed by atoms with Crippen LogP contribution in [0.5, 0.6) is 5.88 Å². The summed E-state index contributed by atoms with van der Waals surface area (Å²) in [7, 11) is 1.32. The minimum atomic E-state index is -1.71. The number of methoxy groups -OCH3 is 2. The van der Waals surface area contributed by atoms with E-state index in [9.17, 15) is 4.21 Å². The van der Waals surface area contributed by atoms with Crippen LogP contribution in [0.1, 0.15) is 24.4 Å². The highest BCUT2D eigenvalue weighted by molar-refractivity contribution is 7.87. The zero-order valence-corrected chi connectivity index (χ0v) is 22.2. The minimum absolute atomic E-state index is 0.148. The first kappa shape index (κ1) is 26.0. The maximum Gasteiger partial charge on any atom is 0.241 e. The molecular weight excluding hydrogens is 525 g/mol. The van der Waals surface area contributed by atoms with Crippen LogP contribution in [0.2, 0.25) is 10.0 Å². The Morgan fingerprint density at radius 3 is 2.33 bits per heavy atom. The molecule has 0 saturated heterocycles. The van der Waals surface area contributed by atoms with Crippen LogP contribution in [0, 0.1) is 6.92 Å². The summed E-state index contributed by atoms with van der Waals surface area (Å²) in [5.41, 5.74) is 1.76. The molecule has 0 fully saturated rings. The quantitative estimate of drug-likeness (QED) is 0.323. The van der Waals surface area contributed by atoms with Gasteiger partial charge >= 0.3 is 0 Å². The SMILES string of the molecule is COc1cccc(-c2nnc(NS(=O)C(C)C(OC)c3ncc(C)cn3)n2-c2c(Cl)cccc2Cl)n1. The fraction of sp³-hybridized carbons (Fsp3) is 0.261. The molecule has 0 bridgehead atoms. The molecule has 36 heavy (non-hydrogen) atoms. The van der Waals surface area contributed by atoms with Gasteiger partial charge in [0.2, 0.25) is 11.8 Å². The van der Waals surface area contributed by atoms with E-state index in [2.05, 4.69) is 29.9 Å². The molecule has 10 nitrogen and oxygen atoms in total. The summed E-state index contributed by atoms with van der Waals surface area (Å²) in [4.78, 5) is 13.1. The van der Waals surface area contributed by atoms with Gasteiger partial charge in [0.05, 0.1) is 28.1 Å². The van der Waals surface area contributed by atoms with Crippen LogP contribution in [0.4, 0.5) is 5.95 Å². The molecule has 188 valence electrons. The van der Waals surface area contributed by atoms with Gasteiger partial charge < -0.3 is 9.47 Å². The maximum atomic E-state index is 13.4. The van der Waals surface area contributed by atoms with Crippen molar-refractivity contribution in [2.24, 2.45) is 0 Å². The second-order valence-corrected chi connectivity index (χ2v) is 10.1. The van der Waals surface area contributed by atoms with Crippen molar-refractivity contribution < 1.29 is 13.7 Å². The Balaban J connectivity index is 1.75. The molecule has 1 N–H and O–H groups in total. The van der Waals surface area contributed by atoms with E-state index in [1.165, 1.54) is 14.2 Å². The molecule has 3 unspecified atom stereocenters. The van der Waals surface area contributed by atoms with Crippen LogP contribution in [0.3, 0.4) is 0 Å². The smallest absolute Gasteiger partial charge is 0.241 e. The van der Waals surface area contributed by atoms with Gasteiger partial charge in [0.1, 0.15) is 22.8 Å². The third-order valence-corrected chi connectivity index (χ3v) is 7.17. The first-order valence-corrected chi connectivity index (χ1v) is 12.7. The number of hydrogen-bond acceptors (Lipinski definition) is 8. The lowest BCUT2D eigenvalue weighted by Crippen LogP contribution is -2.28. The summed E-state index contributed by atoms with van der Waals surface area (Å²) in [5, 5.41) is 8.65. The van der Waals surface area contributed by atoms with E-state index >= 15 is 0 Å². The van der Waals surface area contributed by atoms with Crippen molar-refractivity contribution in [1.82, 2.24) is 29.7 Å². The standard InChI is InChI=1S/C23H23Cl2N7O3S/c1-13-11-26-21(27-12-13)20(35-4)14(2)36(33)31-23-30-29-22(17-9-6-10-18(28-17)34-3)32(23)19-15(24)7-5-8-16(19)25/h5-12,14,20H,1-4H3,(H,30,31). The topological polar surface area (TPSA) is 117 Å². The lowest BCUT2D eigenvalue weighted by molar-refractivity contribution is 0.0961. The van der Waals surface area contributed by atoms with E-state index < -0.39 is 22.3 Å². The number of nitrogens with one attached hydrogen (secondary N) is 1. The van der Waals surface area contributed by atoms with Crippen LogP contribution in [-0.4, -0.2) is 53.4 Å². The number of aryl methyl sites for hydroxylation is 1. The van der Waals surface area contributed by atoms with Gasteiger partial charge in [-0.1, -0.05) is 35.3 Å². The first-order chi connectivity index (χ1) is 17.3. The molecule has 0 aliphatic carbocycles. The number of aromatic nitrogens is 6. The van der Waals surface area contributed by atoms with Gasteiger partial charge in [0.25, 0.3) is 0 Å². The molecule has 0 aliphatic heterocycles. The number of pyridine rings is 1. The molecule has 3 heterocycles. The zero-order valence-electron chi connectivity index (χ0n) is 19.8. The molecule has 0 radical (unpaired) electrons. The van der Waals surface area contributed by atoms with Crippen LogP contribution in [-0.2, 0) is 15.7 Å². The molecule has 0 amide bonds. The molecule has 0 saturated carbocycles. The number of nitrogens with zero attached hydrogens (tertiary/aromatic N) is 6. The monoisotopic (exact) mass is 547 g/mol. The van der Waals surface area contributed by atoms with Crippen LogP contribution < -0.4 is 9.46 Å². The molecule has 3 aromatic heterocycles. The van der Waals surface area contributed by atoms with Crippen LogP contribution in [0.15, 0.2) is 48.8 Å². The van der Waals surface area contributed by atoms with Crippen molar-refractivity contribution in [3.63, 3.8) is 0 Å². The predicted molar refractivity (Wildman–Crippen MR) is 139 cm³/mol. The Kier molecular flexibility index (Phi) is 8.14. The lowest BCUT2D eigenvalue weighted by Gasteiger charge is -2.21. The molecular formula is C23H23Cl2N7O3S. The van der Waals surface area contributed by atoms with Gasteiger partial charge in [-0.05, 0) is 37.6 Å². The van der Waals surface area contributed by atoms with Crippen molar-refractivity contribution >= 4 is 40.1 Å². The molecule has 1 aromatic carbocycles. The highest BCUT2D eigenvalue weighted by Gasteiger charge is 2.29. The predicted octanol–water partition coefficient (Wildman–Crippen LogP) is 4.59. The molecule has 0 aliphatic rings. The highest BCUT2D eigenvalue weighted by Crippen LogP contribution is 2.35. The summed E-state index contributed by atoms with van der Waals surface area (Å²) >= 11 is 13.1. The summed E-state index contributed by atoms with van der Waals surface area (Å²) in [5.74, 6) is 1.28. The largest absolute Gasteiger partial charge is 0.481 e. The highest BCUT2D eigenvalue weighted by atomic mass is 35.5. The minimum Gasteiger partial charge on any atom is -0.481 e. The summed E-state index contributed by atoms with van der Waals surface area (Å²) in [6, 6.07) is 10.3. The molecule has 0 spiro atoms. The second-order valence-electron chi connectivity index (χ2n) is 7.70. The van der Waals surface area contributed by atoms with Gasteiger partial charge in [0, 0.05) is 25.6 Å². The molecule has 4 rings (SSSR count). The van der Waals surface area contributed by atoms with Crippen molar-refractivity contribution in [3.8, 4) is 23.1 Å². The number of benzene rings is 1. The van der Waals surface area contributed by atoms with Crippen molar-refractivity contribution in [2.45, 2.75) is 25.2 Å². The maximum absolute atomic E-state index is 13.4. The average Bonchev–Trinajstić information content (AvgIpc) is 3.28. The van der Waals surface area contributed by atoms with E-state index in [0.29, 0.717) is 39.0 Å². The van der Waals surface area contributed by atoms with E-state index in [1.54, 1.807) is 60.3 Å². The summed E-state index contributed by atoms with van der Waals surface area (Å²) in [6.45, 7) is 3.64. The lowest BCUT2D eigenvalue weighted by atomic mass is 10.2. The molecule has 4 aromatic rings. The van der Waals surface area contributed by atoms with E-state index in [0.717, 1.165) is 5.56 Å². The summed E-state index contributed by atoms with van der Waals surface area (Å²) in [6.07, 6.45) is 2.72.